The molecular formula is C15H12N4. The lowest BCUT2D eigenvalue weighted by atomic mass is 10.3. The van der Waals surface area contributed by atoms with Gasteiger partial charge in [0.15, 0.2) is 0 Å². The molecule has 0 aliphatic rings. The highest BCUT2D eigenvalue weighted by atomic mass is 15.4. The molecule has 0 saturated carbocycles. The van der Waals surface area contributed by atoms with E-state index in [2.05, 4.69) is 15.3 Å². The van der Waals surface area contributed by atoms with Gasteiger partial charge in [-0.15, -0.1) is 5.10 Å². The molecule has 1 aromatic heterocycles. The average Bonchev–Trinajstić information content (AvgIpc) is 2.96. The predicted octanol–water partition coefficient (Wildman–Crippen LogP) is 3.02. The fourth-order valence-electron chi connectivity index (χ4n) is 1.70. The van der Waals surface area contributed by atoms with Crippen molar-refractivity contribution in [2.24, 2.45) is 4.99 Å². The van der Waals surface area contributed by atoms with Crippen molar-refractivity contribution in [3.63, 3.8) is 0 Å². The van der Waals surface area contributed by atoms with Crippen molar-refractivity contribution in [1.29, 1.82) is 0 Å². The second kappa shape index (κ2) is 5.27. The Labute approximate surface area is 111 Å². The molecule has 3 rings (SSSR count). The topological polar surface area (TPSA) is 43.1 Å². The molecule has 19 heavy (non-hydrogen) atoms. The Morgan fingerprint density at radius 1 is 0.895 bits per heavy atom. The first kappa shape index (κ1) is 11.3. The van der Waals surface area contributed by atoms with Crippen LogP contribution in [-0.2, 0) is 0 Å². The molecule has 0 atom stereocenters. The zero-order valence-corrected chi connectivity index (χ0v) is 10.2. The van der Waals surface area contributed by atoms with E-state index < -0.39 is 0 Å². The van der Waals surface area contributed by atoms with E-state index in [0.717, 1.165) is 17.1 Å². The van der Waals surface area contributed by atoms with Crippen LogP contribution in [0.25, 0.3) is 5.69 Å². The highest BCUT2D eigenvalue weighted by molar-refractivity contribution is 5.79. The van der Waals surface area contributed by atoms with Gasteiger partial charge < -0.3 is 0 Å². The Hall–Kier alpha value is -2.75. The second-order valence-electron chi connectivity index (χ2n) is 4.02. The van der Waals surface area contributed by atoms with Gasteiger partial charge in [-0.1, -0.05) is 41.6 Å². The molecule has 0 radical (unpaired) electrons. The summed E-state index contributed by atoms with van der Waals surface area (Å²) in [6.07, 6.45) is 3.56. The summed E-state index contributed by atoms with van der Waals surface area (Å²) in [6.45, 7) is 0. The fraction of sp³-hybridized carbons (Fsp3) is 0. The van der Waals surface area contributed by atoms with Crippen molar-refractivity contribution >= 4 is 11.9 Å². The minimum Gasteiger partial charge on any atom is -0.255 e. The van der Waals surface area contributed by atoms with Gasteiger partial charge in [-0.05, 0) is 24.3 Å². The third-order valence-corrected chi connectivity index (χ3v) is 2.63. The van der Waals surface area contributed by atoms with Crippen molar-refractivity contribution < 1.29 is 0 Å². The van der Waals surface area contributed by atoms with E-state index in [1.807, 2.05) is 66.9 Å². The van der Waals surface area contributed by atoms with Crippen LogP contribution in [0, 0.1) is 0 Å². The van der Waals surface area contributed by atoms with E-state index in [-0.39, 0.29) is 0 Å². The van der Waals surface area contributed by atoms with Gasteiger partial charge >= 0.3 is 0 Å². The van der Waals surface area contributed by atoms with Crippen LogP contribution in [0.2, 0.25) is 0 Å². The predicted molar refractivity (Wildman–Crippen MR) is 75.1 cm³/mol. The molecule has 0 spiro atoms. The molecule has 0 aliphatic heterocycles. The second-order valence-corrected chi connectivity index (χ2v) is 4.02. The largest absolute Gasteiger partial charge is 0.255 e. The number of benzene rings is 2. The lowest BCUT2D eigenvalue weighted by molar-refractivity contribution is 0.803. The van der Waals surface area contributed by atoms with Crippen molar-refractivity contribution in [2.45, 2.75) is 0 Å². The van der Waals surface area contributed by atoms with Crippen LogP contribution in [0.1, 0.15) is 5.69 Å². The zero-order valence-electron chi connectivity index (χ0n) is 10.2. The Bertz CT molecular complexity index is 672. The smallest absolute Gasteiger partial charge is 0.124 e. The standard InChI is InChI=1S/C15H12N4/c1-3-7-13(8-4-1)16-11-14-12-19(18-17-14)15-9-5-2-6-10-15/h1-12H. The molecule has 0 aliphatic carbocycles. The normalized spacial score (nSPS) is 10.9. The van der Waals surface area contributed by atoms with E-state index >= 15 is 0 Å². The molecule has 0 saturated heterocycles. The van der Waals surface area contributed by atoms with E-state index in [1.54, 1.807) is 10.9 Å². The maximum atomic E-state index is 4.34. The summed E-state index contributed by atoms with van der Waals surface area (Å²) >= 11 is 0. The first-order chi connectivity index (χ1) is 9.42. The Kier molecular flexibility index (Phi) is 3.14. The Morgan fingerprint density at radius 3 is 2.32 bits per heavy atom. The van der Waals surface area contributed by atoms with E-state index in [9.17, 15) is 0 Å². The third kappa shape index (κ3) is 2.74. The molecule has 4 nitrogen and oxygen atoms in total. The third-order valence-electron chi connectivity index (χ3n) is 2.63. The first-order valence-electron chi connectivity index (χ1n) is 5.99. The molecule has 1 heterocycles. The van der Waals surface area contributed by atoms with E-state index in [0.29, 0.717) is 0 Å². The molecule has 0 fully saturated rings. The Morgan fingerprint density at radius 2 is 1.58 bits per heavy atom. The summed E-state index contributed by atoms with van der Waals surface area (Å²) in [7, 11) is 0. The highest BCUT2D eigenvalue weighted by Gasteiger charge is 1.99. The quantitative estimate of drug-likeness (QED) is 0.669. The van der Waals surface area contributed by atoms with Crippen molar-refractivity contribution in [1.82, 2.24) is 15.0 Å². The SMILES string of the molecule is C(=Nc1ccccc1)c1cn(-c2ccccc2)nn1. The average molecular weight is 248 g/mol. The molecule has 2 aromatic carbocycles. The maximum absolute atomic E-state index is 4.34. The van der Waals surface area contributed by atoms with Gasteiger partial charge in [0.2, 0.25) is 0 Å². The summed E-state index contributed by atoms with van der Waals surface area (Å²) in [6, 6.07) is 19.6. The van der Waals surface area contributed by atoms with Gasteiger partial charge in [0, 0.05) is 0 Å². The van der Waals surface area contributed by atoms with Crippen LogP contribution in [-0.4, -0.2) is 21.2 Å². The minimum absolute atomic E-state index is 0.729. The summed E-state index contributed by atoms with van der Waals surface area (Å²) in [5, 5.41) is 8.15. The number of aliphatic imine (C=N–C) groups is 1. The molecular weight excluding hydrogens is 236 g/mol. The molecule has 3 aromatic rings. The minimum atomic E-state index is 0.729. The first-order valence-corrected chi connectivity index (χ1v) is 5.99. The van der Waals surface area contributed by atoms with Crippen LogP contribution in [0.4, 0.5) is 5.69 Å². The highest BCUT2D eigenvalue weighted by Crippen LogP contribution is 2.10. The number of nitrogens with zero attached hydrogens (tertiary/aromatic N) is 4. The number of rotatable bonds is 3. The summed E-state index contributed by atoms with van der Waals surface area (Å²) < 4.78 is 1.73. The van der Waals surface area contributed by atoms with Gasteiger partial charge in [0.05, 0.1) is 23.8 Å². The molecule has 0 bridgehead atoms. The van der Waals surface area contributed by atoms with Crippen LogP contribution >= 0.6 is 0 Å². The monoisotopic (exact) mass is 248 g/mol. The van der Waals surface area contributed by atoms with Gasteiger partial charge in [-0.3, -0.25) is 4.99 Å². The van der Waals surface area contributed by atoms with Crippen LogP contribution in [0.15, 0.2) is 71.9 Å². The Balaban J connectivity index is 1.81. The number of aromatic nitrogens is 3. The number of hydrogen-bond donors (Lipinski definition) is 0. The van der Waals surface area contributed by atoms with Crippen molar-refractivity contribution in [3.05, 3.63) is 72.6 Å². The number of para-hydroxylation sites is 2. The molecule has 4 heteroatoms. The fourth-order valence-corrected chi connectivity index (χ4v) is 1.70. The van der Waals surface area contributed by atoms with Gasteiger partial charge in [-0.25, -0.2) is 4.68 Å². The van der Waals surface area contributed by atoms with Crippen LogP contribution in [0.3, 0.4) is 0 Å². The van der Waals surface area contributed by atoms with E-state index in [4.69, 9.17) is 0 Å². The van der Waals surface area contributed by atoms with Crippen molar-refractivity contribution in [3.8, 4) is 5.69 Å². The van der Waals surface area contributed by atoms with Gasteiger partial charge in [-0.2, -0.15) is 0 Å². The van der Waals surface area contributed by atoms with E-state index in [1.165, 1.54) is 0 Å². The number of hydrogen-bond acceptors (Lipinski definition) is 3. The summed E-state index contributed by atoms with van der Waals surface area (Å²) in [5.41, 5.74) is 2.61. The molecule has 0 amide bonds. The molecule has 0 unspecified atom stereocenters. The summed E-state index contributed by atoms with van der Waals surface area (Å²) in [4.78, 5) is 4.34. The summed E-state index contributed by atoms with van der Waals surface area (Å²) in [5.74, 6) is 0. The van der Waals surface area contributed by atoms with Crippen LogP contribution < -0.4 is 0 Å². The maximum Gasteiger partial charge on any atom is 0.124 e. The van der Waals surface area contributed by atoms with Crippen molar-refractivity contribution in [2.75, 3.05) is 0 Å². The molecule has 92 valence electrons. The zero-order chi connectivity index (χ0) is 12.9. The molecule has 0 N–H and O–H groups in total. The van der Waals surface area contributed by atoms with Gasteiger partial charge in [0.1, 0.15) is 5.69 Å². The lowest BCUT2D eigenvalue weighted by Gasteiger charge is -1.96. The van der Waals surface area contributed by atoms with Gasteiger partial charge in [0.25, 0.3) is 0 Å². The van der Waals surface area contributed by atoms with Crippen LogP contribution in [0.5, 0.6) is 0 Å². The lowest BCUT2D eigenvalue weighted by Crippen LogP contribution is -1.93.